The van der Waals surface area contributed by atoms with Crippen LogP contribution in [0.1, 0.15) is 52.4 Å². The maximum absolute atomic E-state index is 5.77. The van der Waals surface area contributed by atoms with E-state index in [0.29, 0.717) is 12.1 Å². The second kappa shape index (κ2) is 5.31. The van der Waals surface area contributed by atoms with Crippen molar-refractivity contribution in [2.24, 2.45) is 5.92 Å². The third-order valence-electron chi connectivity index (χ3n) is 3.81. The molecule has 1 saturated heterocycles. The van der Waals surface area contributed by atoms with Crippen LogP contribution in [0, 0.1) is 5.92 Å². The van der Waals surface area contributed by atoms with E-state index < -0.39 is 0 Å². The van der Waals surface area contributed by atoms with E-state index >= 15 is 0 Å². The zero-order chi connectivity index (χ0) is 10.7. The van der Waals surface area contributed by atoms with Crippen LogP contribution in [0.2, 0.25) is 0 Å². The van der Waals surface area contributed by atoms with Gasteiger partial charge in [-0.15, -0.1) is 0 Å². The summed E-state index contributed by atoms with van der Waals surface area (Å²) in [6.07, 6.45) is 8.31. The third-order valence-corrected chi connectivity index (χ3v) is 3.81. The smallest absolute Gasteiger partial charge is 0.0589 e. The summed E-state index contributed by atoms with van der Waals surface area (Å²) in [6, 6.07) is 1.45. The van der Waals surface area contributed by atoms with Gasteiger partial charge in [0.1, 0.15) is 0 Å². The van der Waals surface area contributed by atoms with Gasteiger partial charge in [0.2, 0.25) is 0 Å². The lowest BCUT2D eigenvalue weighted by Crippen LogP contribution is -2.43. The Bertz CT molecular complexity index is 189. The van der Waals surface area contributed by atoms with E-state index in [0.717, 1.165) is 18.6 Å². The van der Waals surface area contributed by atoms with Gasteiger partial charge in [-0.25, -0.2) is 0 Å². The van der Waals surface area contributed by atoms with Crippen molar-refractivity contribution in [3.8, 4) is 0 Å². The van der Waals surface area contributed by atoms with E-state index in [4.69, 9.17) is 4.74 Å². The molecule has 88 valence electrons. The van der Waals surface area contributed by atoms with Crippen molar-refractivity contribution in [3.05, 3.63) is 0 Å². The molecule has 1 heterocycles. The summed E-state index contributed by atoms with van der Waals surface area (Å²) in [5, 5.41) is 3.79. The molecule has 0 aromatic rings. The molecule has 15 heavy (non-hydrogen) atoms. The van der Waals surface area contributed by atoms with Gasteiger partial charge < -0.3 is 10.1 Å². The van der Waals surface area contributed by atoms with Gasteiger partial charge in [-0.2, -0.15) is 0 Å². The number of hydrogen-bond donors (Lipinski definition) is 1. The number of ether oxygens (including phenoxy) is 1. The lowest BCUT2D eigenvalue weighted by molar-refractivity contribution is -0.00507. The van der Waals surface area contributed by atoms with Crippen LogP contribution in [0.15, 0.2) is 0 Å². The fourth-order valence-electron chi connectivity index (χ4n) is 2.66. The molecule has 2 nitrogen and oxygen atoms in total. The lowest BCUT2D eigenvalue weighted by atomic mass is 9.99. The zero-order valence-electron chi connectivity index (χ0n) is 10.2. The average Bonchev–Trinajstić information content (AvgIpc) is 3.01. The van der Waals surface area contributed by atoms with Crippen LogP contribution in [-0.4, -0.2) is 24.8 Å². The Balaban J connectivity index is 1.71. The molecule has 2 heteroatoms. The Kier molecular flexibility index (Phi) is 4.04. The maximum atomic E-state index is 5.77. The Morgan fingerprint density at radius 1 is 1.33 bits per heavy atom. The predicted molar refractivity (Wildman–Crippen MR) is 63.0 cm³/mol. The monoisotopic (exact) mass is 211 g/mol. The largest absolute Gasteiger partial charge is 0.378 e. The normalized spacial score (nSPS) is 34.0. The highest BCUT2D eigenvalue weighted by Crippen LogP contribution is 2.33. The first-order valence-electron chi connectivity index (χ1n) is 6.67. The van der Waals surface area contributed by atoms with Crippen LogP contribution >= 0.6 is 0 Å². The third kappa shape index (κ3) is 3.46. The van der Waals surface area contributed by atoms with E-state index in [2.05, 4.69) is 19.2 Å². The molecule has 1 aliphatic heterocycles. The molecule has 3 unspecified atom stereocenters. The van der Waals surface area contributed by atoms with E-state index in [9.17, 15) is 0 Å². The predicted octanol–water partition coefficient (Wildman–Crippen LogP) is 2.72. The fraction of sp³-hybridized carbons (Fsp3) is 1.00. The van der Waals surface area contributed by atoms with Gasteiger partial charge in [-0.3, -0.25) is 0 Å². The molecule has 1 aliphatic carbocycles. The minimum absolute atomic E-state index is 0.521. The minimum Gasteiger partial charge on any atom is -0.378 e. The molecule has 2 rings (SSSR count). The van der Waals surface area contributed by atoms with Crippen molar-refractivity contribution in [2.45, 2.75) is 70.6 Å². The Hall–Kier alpha value is -0.0800. The molecule has 1 N–H and O–H groups in total. The average molecular weight is 211 g/mol. The molecule has 0 aromatic heterocycles. The first-order valence-corrected chi connectivity index (χ1v) is 6.67. The zero-order valence-corrected chi connectivity index (χ0v) is 10.2. The van der Waals surface area contributed by atoms with E-state index in [1.54, 1.807) is 0 Å². The SMILES string of the molecule is CCCC1CC(NC(C)C2CC2)CCO1. The van der Waals surface area contributed by atoms with Crippen molar-refractivity contribution < 1.29 is 4.74 Å². The van der Waals surface area contributed by atoms with Crippen molar-refractivity contribution in [1.82, 2.24) is 5.32 Å². The highest BCUT2D eigenvalue weighted by Gasteiger charge is 2.30. The number of nitrogens with one attached hydrogen (secondary N) is 1. The molecule has 0 radical (unpaired) electrons. The topological polar surface area (TPSA) is 21.3 Å². The summed E-state index contributed by atoms with van der Waals surface area (Å²) in [5.41, 5.74) is 0. The van der Waals surface area contributed by atoms with Gasteiger partial charge >= 0.3 is 0 Å². The number of hydrogen-bond acceptors (Lipinski definition) is 2. The van der Waals surface area contributed by atoms with E-state index in [1.807, 2.05) is 0 Å². The Morgan fingerprint density at radius 2 is 2.13 bits per heavy atom. The van der Waals surface area contributed by atoms with Crippen LogP contribution in [-0.2, 0) is 4.74 Å². The quantitative estimate of drug-likeness (QED) is 0.755. The molecule has 0 spiro atoms. The summed E-state index contributed by atoms with van der Waals surface area (Å²) >= 11 is 0. The van der Waals surface area contributed by atoms with Crippen molar-refractivity contribution in [1.29, 1.82) is 0 Å². The van der Waals surface area contributed by atoms with Crippen LogP contribution in [0.4, 0.5) is 0 Å². The molecular formula is C13H25NO. The van der Waals surface area contributed by atoms with Crippen LogP contribution < -0.4 is 5.32 Å². The van der Waals surface area contributed by atoms with Gasteiger partial charge in [-0.05, 0) is 44.9 Å². The highest BCUT2D eigenvalue weighted by atomic mass is 16.5. The molecule has 0 aromatic carbocycles. The number of rotatable bonds is 5. The van der Waals surface area contributed by atoms with Crippen molar-refractivity contribution in [2.75, 3.05) is 6.61 Å². The summed E-state index contributed by atoms with van der Waals surface area (Å²) in [7, 11) is 0. The second-order valence-electron chi connectivity index (χ2n) is 5.30. The van der Waals surface area contributed by atoms with Gasteiger partial charge in [0.15, 0.2) is 0 Å². The van der Waals surface area contributed by atoms with Crippen LogP contribution in [0.25, 0.3) is 0 Å². The molecule has 2 aliphatic rings. The molecule has 3 atom stereocenters. The molecule has 2 fully saturated rings. The standard InChI is InChI=1S/C13H25NO/c1-3-4-13-9-12(7-8-15-13)14-10(2)11-5-6-11/h10-14H,3-9H2,1-2H3. The van der Waals surface area contributed by atoms with Gasteiger partial charge in [-0.1, -0.05) is 13.3 Å². The molecular weight excluding hydrogens is 186 g/mol. The lowest BCUT2D eigenvalue weighted by Gasteiger charge is -2.32. The summed E-state index contributed by atoms with van der Waals surface area (Å²) in [4.78, 5) is 0. The van der Waals surface area contributed by atoms with Crippen LogP contribution in [0.3, 0.4) is 0 Å². The van der Waals surface area contributed by atoms with Gasteiger partial charge in [0.25, 0.3) is 0 Å². The van der Waals surface area contributed by atoms with Gasteiger partial charge in [0.05, 0.1) is 6.10 Å². The Labute approximate surface area is 93.8 Å². The fourth-order valence-corrected chi connectivity index (χ4v) is 2.66. The maximum Gasteiger partial charge on any atom is 0.0589 e. The molecule has 0 amide bonds. The van der Waals surface area contributed by atoms with E-state index in [1.165, 1.54) is 38.5 Å². The summed E-state index contributed by atoms with van der Waals surface area (Å²) < 4.78 is 5.77. The summed E-state index contributed by atoms with van der Waals surface area (Å²) in [5.74, 6) is 0.970. The summed E-state index contributed by atoms with van der Waals surface area (Å²) in [6.45, 7) is 5.55. The van der Waals surface area contributed by atoms with Crippen molar-refractivity contribution in [3.63, 3.8) is 0 Å². The minimum atomic E-state index is 0.521. The Morgan fingerprint density at radius 3 is 2.80 bits per heavy atom. The first kappa shape index (κ1) is 11.4. The molecule has 1 saturated carbocycles. The molecule has 0 bridgehead atoms. The van der Waals surface area contributed by atoms with Gasteiger partial charge in [0, 0.05) is 18.7 Å². The van der Waals surface area contributed by atoms with E-state index in [-0.39, 0.29) is 0 Å². The highest BCUT2D eigenvalue weighted by molar-refractivity contribution is 4.87. The second-order valence-corrected chi connectivity index (χ2v) is 5.30. The van der Waals surface area contributed by atoms with Crippen LogP contribution in [0.5, 0.6) is 0 Å². The van der Waals surface area contributed by atoms with Crippen molar-refractivity contribution >= 4 is 0 Å². The first-order chi connectivity index (χ1) is 7.29.